The summed E-state index contributed by atoms with van der Waals surface area (Å²) in [6.07, 6.45) is 0.828. The highest BCUT2D eigenvalue weighted by atomic mass is 16.4. The summed E-state index contributed by atoms with van der Waals surface area (Å²) < 4.78 is 0. The Balaban J connectivity index is 1.68. The van der Waals surface area contributed by atoms with Crippen molar-refractivity contribution >= 4 is 22.8 Å². The fourth-order valence-electron chi connectivity index (χ4n) is 3.86. The number of amides is 1. The molecule has 0 saturated carbocycles. The van der Waals surface area contributed by atoms with Gasteiger partial charge in [0.05, 0.1) is 16.6 Å². The summed E-state index contributed by atoms with van der Waals surface area (Å²) in [6.45, 7) is 4.96. The second-order valence-electron chi connectivity index (χ2n) is 7.24. The lowest BCUT2D eigenvalue weighted by Gasteiger charge is -2.29. The van der Waals surface area contributed by atoms with E-state index in [1.54, 1.807) is 18.2 Å². The standard InChI is InChI=1S/C23H23N3O3/c1-2-26-11-10-20-18(14-26)21(17-8-3-4-9-19(17)25-20)22(27)24-13-15-6-5-7-16(12-15)23(28)29/h3-9,12H,2,10-11,13-14H2,1H3,(H,24,27)(H,28,29). The van der Waals surface area contributed by atoms with Gasteiger partial charge in [-0.15, -0.1) is 0 Å². The van der Waals surface area contributed by atoms with E-state index in [2.05, 4.69) is 17.1 Å². The zero-order chi connectivity index (χ0) is 20.4. The van der Waals surface area contributed by atoms with Crippen molar-refractivity contribution in [1.29, 1.82) is 0 Å². The smallest absolute Gasteiger partial charge is 0.335 e. The second kappa shape index (κ2) is 8.01. The number of aromatic carboxylic acids is 1. The predicted molar refractivity (Wildman–Crippen MR) is 111 cm³/mol. The summed E-state index contributed by atoms with van der Waals surface area (Å²) in [4.78, 5) is 31.5. The van der Waals surface area contributed by atoms with Crippen LogP contribution in [-0.4, -0.2) is 40.0 Å². The Kier molecular flexibility index (Phi) is 5.27. The number of likely N-dealkylation sites (N-methyl/N-ethyl adjacent to an activating group) is 1. The van der Waals surface area contributed by atoms with Gasteiger partial charge in [-0.1, -0.05) is 37.3 Å². The first-order valence-corrected chi connectivity index (χ1v) is 9.80. The summed E-state index contributed by atoms with van der Waals surface area (Å²) in [5, 5.41) is 13.0. The average molecular weight is 389 g/mol. The van der Waals surface area contributed by atoms with E-state index in [9.17, 15) is 9.59 Å². The monoisotopic (exact) mass is 389 g/mol. The van der Waals surface area contributed by atoms with Crippen LogP contribution in [0.3, 0.4) is 0 Å². The van der Waals surface area contributed by atoms with E-state index in [1.165, 1.54) is 0 Å². The van der Waals surface area contributed by atoms with Crippen molar-refractivity contribution in [3.8, 4) is 0 Å². The number of carboxylic acids is 1. The first-order chi connectivity index (χ1) is 14.1. The Morgan fingerprint density at radius 3 is 2.79 bits per heavy atom. The van der Waals surface area contributed by atoms with Gasteiger partial charge in [-0.05, 0) is 30.3 Å². The van der Waals surface area contributed by atoms with Gasteiger partial charge >= 0.3 is 5.97 Å². The third-order valence-corrected chi connectivity index (χ3v) is 5.43. The van der Waals surface area contributed by atoms with Crippen LogP contribution in [0.15, 0.2) is 48.5 Å². The number of hydrogen-bond acceptors (Lipinski definition) is 4. The fraction of sp³-hybridized carbons (Fsp3) is 0.261. The maximum absolute atomic E-state index is 13.2. The zero-order valence-corrected chi connectivity index (χ0v) is 16.3. The molecule has 6 nitrogen and oxygen atoms in total. The summed E-state index contributed by atoms with van der Waals surface area (Å²) in [7, 11) is 0. The van der Waals surface area contributed by atoms with Crippen molar-refractivity contribution in [2.45, 2.75) is 26.4 Å². The Bertz CT molecular complexity index is 1090. The quantitative estimate of drug-likeness (QED) is 0.700. The molecular weight excluding hydrogens is 366 g/mol. The molecule has 0 spiro atoms. The third-order valence-electron chi connectivity index (χ3n) is 5.43. The van der Waals surface area contributed by atoms with Crippen LogP contribution in [0.5, 0.6) is 0 Å². The van der Waals surface area contributed by atoms with Gasteiger partial charge in [-0.3, -0.25) is 14.7 Å². The van der Waals surface area contributed by atoms with E-state index in [1.807, 2.05) is 30.3 Å². The number of carboxylic acid groups (broad SMARTS) is 1. The highest BCUT2D eigenvalue weighted by Crippen LogP contribution is 2.28. The number of rotatable bonds is 5. The zero-order valence-electron chi connectivity index (χ0n) is 16.3. The second-order valence-corrected chi connectivity index (χ2v) is 7.24. The van der Waals surface area contributed by atoms with Crippen molar-refractivity contribution in [2.24, 2.45) is 0 Å². The Morgan fingerprint density at radius 1 is 1.17 bits per heavy atom. The van der Waals surface area contributed by atoms with Crippen LogP contribution in [0, 0.1) is 0 Å². The van der Waals surface area contributed by atoms with Crippen molar-refractivity contribution in [3.63, 3.8) is 0 Å². The molecule has 29 heavy (non-hydrogen) atoms. The molecule has 2 aromatic carbocycles. The van der Waals surface area contributed by atoms with E-state index < -0.39 is 5.97 Å². The number of hydrogen-bond donors (Lipinski definition) is 2. The number of para-hydroxylation sites is 1. The maximum Gasteiger partial charge on any atom is 0.335 e. The molecule has 0 fully saturated rings. The topological polar surface area (TPSA) is 82.5 Å². The van der Waals surface area contributed by atoms with Crippen LogP contribution in [0.4, 0.5) is 0 Å². The van der Waals surface area contributed by atoms with Crippen LogP contribution in [0.25, 0.3) is 10.9 Å². The van der Waals surface area contributed by atoms with Crippen LogP contribution in [0.2, 0.25) is 0 Å². The molecule has 4 rings (SSSR count). The largest absolute Gasteiger partial charge is 0.478 e. The molecule has 0 saturated heterocycles. The number of nitrogens with zero attached hydrogens (tertiary/aromatic N) is 2. The Hall–Kier alpha value is -3.25. The Labute approximate surface area is 169 Å². The summed E-state index contributed by atoms with van der Waals surface area (Å²) in [6, 6.07) is 14.4. The number of carbonyl (C=O) groups is 2. The number of aromatic nitrogens is 1. The highest BCUT2D eigenvalue weighted by molar-refractivity contribution is 6.07. The fourth-order valence-corrected chi connectivity index (χ4v) is 3.86. The van der Waals surface area contributed by atoms with Crippen molar-refractivity contribution in [1.82, 2.24) is 15.2 Å². The third kappa shape index (κ3) is 3.84. The van der Waals surface area contributed by atoms with Gasteiger partial charge in [-0.25, -0.2) is 4.79 Å². The highest BCUT2D eigenvalue weighted by Gasteiger charge is 2.25. The average Bonchev–Trinajstić information content (AvgIpc) is 2.75. The number of pyridine rings is 1. The lowest BCUT2D eigenvalue weighted by atomic mass is 9.95. The van der Waals surface area contributed by atoms with Crippen molar-refractivity contribution < 1.29 is 14.7 Å². The molecule has 1 aliphatic heterocycles. The molecule has 0 radical (unpaired) electrons. The molecule has 1 aliphatic rings. The maximum atomic E-state index is 13.2. The van der Waals surface area contributed by atoms with Crippen LogP contribution >= 0.6 is 0 Å². The molecule has 6 heteroatoms. The minimum Gasteiger partial charge on any atom is -0.478 e. The van der Waals surface area contributed by atoms with Gasteiger partial charge in [0.25, 0.3) is 5.91 Å². The summed E-state index contributed by atoms with van der Waals surface area (Å²) >= 11 is 0. The van der Waals surface area contributed by atoms with Gasteiger partial charge in [-0.2, -0.15) is 0 Å². The molecule has 3 aromatic rings. The van der Waals surface area contributed by atoms with E-state index in [0.717, 1.165) is 47.2 Å². The lowest BCUT2D eigenvalue weighted by molar-refractivity contribution is 0.0696. The van der Waals surface area contributed by atoms with Crippen LogP contribution in [0.1, 0.15) is 44.5 Å². The molecule has 1 amide bonds. The minimum atomic E-state index is -0.980. The summed E-state index contributed by atoms with van der Waals surface area (Å²) in [5.41, 5.74) is 4.45. The first-order valence-electron chi connectivity index (χ1n) is 9.80. The van der Waals surface area contributed by atoms with Gasteiger partial charge in [0, 0.05) is 42.7 Å². The van der Waals surface area contributed by atoms with Crippen molar-refractivity contribution in [3.05, 3.63) is 76.5 Å². The van der Waals surface area contributed by atoms with E-state index >= 15 is 0 Å². The molecule has 148 valence electrons. The van der Waals surface area contributed by atoms with Gasteiger partial charge in [0.1, 0.15) is 0 Å². The molecule has 0 aliphatic carbocycles. The van der Waals surface area contributed by atoms with Crippen LogP contribution in [-0.2, 0) is 19.5 Å². The van der Waals surface area contributed by atoms with Gasteiger partial charge in [0.2, 0.25) is 0 Å². The summed E-state index contributed by atoms with van der Waals surface area (Å²) in [5.74, 6) is -1.13. The lowest BCUT2D eigenvalue weighted by Crippen LogP contribution is -2.34. The number of carbonyl (C=O) groups excluding carboxylic acids is 1. The molecule has 0 bridgehead atoms. The minimum absolute atomic E-state index is 0.154. The van der Waals surface area contributed by atoms with Gasteiger partial charge < -0.3 is 10.4 Å². The number of fused-ring (bicyclic) bond motifs is 2. The normalized spacial score (nSPS) is 13.8. The number of benzene rings is 2. The molecule has 2 heterocycles. The molecule has 0 atom stereocenters. The number of nitrogens with one attached hydrogen (secondary N) is 1. The predicted octanol–water partition coefficient (Wildman–Crippen LogP) is 3.24. The molecule has 1 aromatic heterocycles. The SMILES string of the molecule is CCN1CCc2nc3ccccc3c(C(=O)NCc3cccc(C(=O)O)c3)c2C1. The van der Waals surface area contributed by atoms with E-state index in [-0.39, 0.29) is 18.0 Å². The molecular formula is C23H23N3O3. The van der Waals surface area contributed by atoms with Crippen molar-refractivity contribution in [2.75, 3.05) is 13.1 Å². The van der Waals surface area contributed by atoms with Crippen LogP contribution < -0.4 is 5.32 Å². The Morgan fingerprint density at radius 2 is 2.00 bits per heavy atom. The van der Waals surface area contributed by atoms with E-state index in [4.69, 9.17) is 10.1 Å². The molecule has 2 N–H and O–H groups in total. The van der Waals surface area contributed by atoms with Gasteiger partial charge in [0.15, 0.2) is 0 Å². The first kappa shape index (κ1) is 19.1. The molecule has 0 unspecified atom stereocenters. The van der Waals surface area contributed by atoms with E-state index in [0.29, 0.717) is 12.1 Å².